The van der Waals surface area contributed by atoms with Crippen LogP contribution in [0.2, 0.25) is 0 Å². The molecule has 5 heteroatoms. The Bertz CT molecular complexity index is 401. The molecule has 0 bridgehead atoms. The number of benzene rings is 1. The van der Waals surface area contributed by atoms with E-state index in [1.165, 1.54) is 5.56 Å². The van der Waals surface area contributed by atoms with Crippen LogP contribution in [0.25, 0.3) is 0 Å². The molecule has 0 fully saturated rings. The SMILES string of the molecule is CCC(Cc1cccc(Br)c1)C(=O)NCCCNC.Cl. The Kier molecular flexibility index (Phi) is 10.8. The van der Waals surface area contributed by atoms with Crippen LogP contribution >= 0.6 is 28.3 Å². The molecule has 0 aliphatic carbocycles. The van der Waals surface area contributed by atoms with E-state index < -0.39 is 0 Å². The van der Waals surface area contributed by atoms with Crippen molar-refractivity contribution in [2.24, 2.45) is 5.92 Å². The third-order valence-electron chi connectivity index (χ3n) is 3.14. The molecule has 1 aromatic rings. The summed E-state index contributed by atoms with van der Waals surface area (Å²) >= 11 is 3.46. The molecule has 0 aliphatic heterocycles. The van der Waals surface area contributed by atoms with Gasteiger partial charge in [-0.25, -0.2) is 0 Å². The second kappa shape index (κ2) is 11.1. The predicted molar refractivity (Wildman–Crippen MR) is 90.4 cm³/mol. The van der Waals surface area contributed by atoms with Crippen molar-refractivity contribution in [2.75, 3.05) is 20.1 Å². The average molecular weight is 364 g/mol. The van der Waals surface area contributed by atoms with Crippen LogP contribution in [0.4, 0.5) is 0 Å². The van der Waals surface area contributed by atoms with E-state index >= 15 is 0 Å². The second-order valence-electron chi connectivity index (χ2n) is 4.69. The first kappa shape index (κ1) is 19.4. The van der Waals surface area contributed by atoms with Crippen LogP contribution in [0.3, 0.4) is 0 Å². The maximum absolute atomic E-state index is 12.1. The Labute approximate surface area is 136 Å². The van der Waals surface area contributed by atoms with Gasteiger partial charge in [0.25, 0.3) is 0 Å². The van der Waals surface area contributed by atoms with Crippen molar-refractivity contribution in [2.45, 2.75) is 26.2 Å². The van der Waals surface area contributed by atoms with Gasteiger partial charge in [0.15, 0.2) is 0 Å². The minimum atomic E-state index is 0. The number of carbonyl (C=O) groups excluding carboxylic acids is 1. The van der Waals surface area contributed by atoms with E-state index in [0.29, 0.717) is 0 Å². The topological polar surface area (TPSA) is 41.1 Å². The molecule has 1 unspecified atom stereocenters. The quantitative estimate of drug-likeness (QED) is 0.697. The fourth-order valence-electron chi connectivity index (χ4n) is 1.99. The van der Waals surface area contributed by atoms with Crippen LogP contribution in [0.15, 0.2) is 28.7 Å². The van der Waals surface area contributed by atoms with E-state index in [0.717, 1.165) is 36.8 Å². The molecule has 1 atom stereocenters. The lowest BCUT2D eigenvalue weighted by atomic mass is 9.96. The minimum Gasteiger partial charge on any atom is -0.356 e. The van der Waals surface area contributed by atoms with Crippen LogP contribution in [0, 0.1) is 5.92 Å². The summed E-state index contributed by atoms with van der Waals surface area (Å²) in [5.41, 5.74) is 1.20. The van der Waals surface area contributed by atoms with Crippen molar-refractivity contribution in [3.8, 4) is 0 Å². The van der Waals surface area contributed by atoms with Gasteiger partial charge in [0.05, 0.1) is 0 Å². The Hall–Kier alpha value is -0.580. The summed E-state index contributed by atoms with van der Waals surface area (Å²) in [6.45, 7) is 3.74. The zero-order valence-corrected chi connectivity index (χ0v) is 14.5. The summed E-state index contributed by atoms with van der Waals surface area (Å²) in [5, 5.41) is 6.09. The Morgan fingerprint density at radius 3 is 2.70 bits per heavy atom. The molecular weight excluding hydrogens is 340 g/mol. The highest BCUT2D eigenvalue weighted by atomic mass is 79.9. The maximum atomic E-state index is 12.1. The molecule has 0 radical (unpaired) electrons. The van der Waals surface area contributed by atoms with Gasteiger partial charge in [0, 0.05) is 16.9 Å². The largest absolute Gasteiger partial charge is 0.356 e. The molecule has 0 saturated heterocycles. The van der Waals surface area contributed by atoms with Crippen molar-refractivity contribution in [1.82, 2.24) is 10.6 Å². The first-order chi connectivity index (χ1) is 9.17. The maximum Gasteiger partial charge on any atom is 0.223 e. The number of rotatable bonds is 8. The zero-order valence-electron chi connectivity index (χ0n) is 12.1. The van der Waals surface area contributed by atoms with E-state index in [1.807, 2.05) is 19.2 Å². The number of nitrogens with one attached hydrogen (secondary N) is 2. The molecule has 3 nitrogen and oxygen atoms in total. The highest BCUT2D eigenvalue weighted by molar-refractivity contribution is 9.10. The van der Waals surface area contributed by atoms with E-state index in [2.05, 4.69) is 45.6 Å². The fraction of sp³-hybridized carbons (Fsp3) is 0.533. The van der Waals surface area contributed by atoms with Crippen LogP contribution in [0.1, 0.15) is 25.3 Å². The monoisotopic (exact) mass is 362 g/mol. The third kappa shape index (κ3) is 7.27. The second-order valence-corrected chi connectivity index (χ2v) is 5.60. The molecule has 20 heavy (non-hydrogen) atoms. The van der Waals surface area contributed by atoms with Gasteiger partial charge in [-0.2, -0.15) is 0 Å². The highest BCUT2D eigenvalue weighted by Crippen LogP contribution is 2.17. The van der Waals surface area contributed by atoms with Gasteiger partial charge in [-0.15, -0.1) is 12.4 Å². The van der Waals surface area contributed by atoms with Crippen molar-refractivity contribution >= 4 is 34.2 Å². The zero-order chi connectivity index (χ0) is 14.1. The van der Waals surface area contributed by atoms with Gasteiger partial charge < -0.3 is 10.6 Å². The van der Waals surface area contributed by atoms with Gasteiger partial charge in [0.2, 0.25) is 5.91 Å². The standard InChI is InChI=1S/C15H23BrN2O.ClH/c1-3-13(15(19)18-9-5-8-17-2)10-12-6-4-7-14(16)11-12;/h4,6-7,11,13,17H,3,5,8-10H2,1-2H3,(H,18,19);1H. The molecular formula is C15H24BrClN2O. The normalized spacial score (nSPS) is 11.6. The third-order valence-corrected chi connectivity index (χ3v) is 3.63. The summed E-state index contributed by atoms with van der Waals surface area (Å²) in [6.07, 6.45) is 2.63. The van der Waals surface area contributed by atoms with Gasteiger partial charge in [0.1, 0.15) is 0 Å². The molecule has 0 aromatic heterocycles. The van der Waals surface area contributed by atoms with Gasteiger partial charge in [-0.1, -0.05) is 35.0 Å². The number of hydrogen-bond acceptors (Lipinski definition) is 2. The number of amides is 1. The summed E-state index contributed by atoms with van der Waals surface area (Å²) in [4.78, 5) is 12.1. The molecule has 0 spiro atoms. The van der Waals surface area contributed by atoms with Crippen molar-refractivity contribution < 1.29 is 4.79 Å². The van der Waals surface area contributed by atoms with Crippen LogP contribution < -0.4 is 10.6 Å². The van der Waals surface area contributed by atoms with Crippen LogP contribution in [-0.4, -0.2) is 26.0 Å². The molecule has 114 valence electrons. The molecule has 1 aromatic carbocycles. The van der Waals surface area contributed by atoms with Gasteiger partial charge >= 0.3 is 0 Å². The van der Waals surface area contributed by atoms with Gasteiger partial charge in [-0.3, -0.25) is 4.79 Å². The highest BCUT2D eigenvalue weighted by Gasteiger charge is 2.16. The number of carbonyl (C=O) groups is 1. The lowest BCUT2D eigenvalue weighted by Gasteiger charge is -2.15. The number of hydrogen-bond donors (Lipinski definition) is 2. The molecule has 0 aliphatic rings. The summed E-state index contributed by atoms with van der Waals surface area (Å²) in [6, 6.07) is 8.16. The lowest BCUT2D eigenvalue weighted by molar-refractivity contribution is -0.125. The molecule has 2 N–H and O–H groups in total. The summed E-state index contributed by atoms with van der Waals surface area (Å²) in [7, 11) is 1.92. The Morgan fingerprint density at radius 2 is 2.10 bits per heavy atom. The Morgan fingerprint density at radius 1 is 1.35 bits per heavy atom. The first-order valence-corrected chi connectivity index (χ1v) is 7.63. The van der Waals surface area contributed by atoms with Crippen molar-refractivity contribution in [3.63, 3.8) is 0 Å². The fourth-order valence-corrected chi connectivity index (χ4v) is 2.44. The molecule has 1 amide bonds. The predicted octanol–water partition coefficient (Wildman–Crippen LogP) is 3.17. The van der Waals surface area contributed by atoms with E-state index in [1.54, 1.807) is 0 Å². The smallest absolute Gasteiger partial charge is 0.223 e. The molecule has 0 saturated carbocycles. The Balaban J connectivity index is 0.00000361. The molecule has 0 heterocycles. The average Bonchev–Trinajstić information content (AvgIpc) is 2.41. The van der Waals surface area contributed by atoms with Crippen molar-refractivity contribution in [1.29, 1.82) is 0 Å². The van der Waals surface area contributed by atoms with Gasteiger partial charge in [-0.05, 0) is 50.6 Å². The van der Waals surface area contributed by atoms with Crippen LogP contribution in [-0.2, 0) is 11.2 Å². The molecule has 1 rings (SSSR count). The van der Waals surface area contributed by atoms with E-state index in [9.17, 15) is 4.79 Å². The summed E-state index contributed by atoms with van der Waals surface area (Å²) in [5.74, 6) is 0.225. The van der Waals surface area contributed by atoms with E-state index in [-0.39, 0.29) is 24.2 Å². The minimum absolute atomic E-state index is 0. The summed E-state index contributed by atoms with van der Waals surface area (Å²) < 4.78 is 1.06. The van der Waals surface area contributed by atoms with Crippen LogP contribution in [0.5, 0.6) is 0 Å². The lowest BCUT2D eigenvalue weighted by Crippen LogP contribution is -2.33. The number of halogens is 2. The first-order valence-electron chi connectivity index (χ1n) is 6.84. The van der Waals surface area contributed by atoms with Crippen molar-refractivity contribution in [3.05, 3.63) is 34.3 Å². The van der Waals surface area contributed by atoms with E-state index in [4.69, 9.17) is 0 Å².